The number of aryl methyl sites for hydroxylation is 1. The summed E-state index contributed by atoms with van der Waals surface area (Å²) < 4.78 is 5.98. The van der Waals surface area contributed by atoms with Crippen molar-refractivity contribution >= 4 is 41.2 Å². The van der Waals surface area contributed by atoms with Crippen molar-refractivity contribution in [3.05, 3.63) is 112 Å². The van der Waals surface area contributed by atoms with Crippen LogP contribution >= 0.6 is 11.6 Å². The summed E-state index contributed by atoms with van der Waals surface area (Å²) >= 11 is 6.18. The molecule has 4 amide bonds. The van der Waals surface area contributed by atoms with Crippen molar-refractivity contribution in [1.29, 1.82) is 5.26 Å². The highest BCUT2D eigenvalue weighted by molar-refractivity contribution is 6.39. The molecule has 1 aliphatic heterocycles. The Bertz CT molecular complexity index is 1500. The summed E-state index contributed by atoms with van der Waals surface area (Å²) in [6, 6.07) is 18.5. The van der Waals surface area contributed by atoms with Crippen LogP contribution in [0.4, 0.5) is 10.5 Å². The van der Waals surface area contributed by atoms with Crippen LogP contribution in [0.1, 0.15) is 27.8 Å². The molecule has 0 spiro atoms. The van der Waals surface area contributed by atoms with Crippen molar-refractivity contribution < 1.29 is 19.1 Å². The number of benzene rings is 3. The molecule has 0 bridgehead atoms. The number of allylic oxidation sites excluding steroid dienone is 1. The van der Waals surface area contributed by atoms with E-state index in [1.54, 1.807) is 55.5 Å². The first-order valence-corrected chi connectivity index (χ1v) is 11.7. The van der Waals surface area contributed by atoms with Crippen LogP contribution in [0.2, 0.25) is 5.02 Å². The highest BCUT2D eigenvalue weighted by Gasteiger charge is 2.37. The highest BCUT2D eigenvalue weighted by Crippen LogP contribution is 2.28. The normalized spacial score (nSPS) is 14.4. The molecule has 8 heteroatoms. The number of urea groups is 1. The fraction of sp³-hybridized carbons (Fsp3) is 0.103. The first kappa shape index (κ1) is 25.4. The maximum absolute atomic E-state index is 13.2. The topological polar surface area (TPSA) is 99.5 Å². The zero-order valence-corrected chi connectivity index (χ0v) is 20.7. The van der Waals surface area contributed by atoms with Gasteiger partial charge in [0.15, 0.2) is 0 Å². The first-order chi connectivity index (χ1) is 17.8. The average Bonchev–Trinajstić information content (AvgIpc) is 2.88. The molecule has 4 rings (SSSR count). The molecule has 1 fully saturated rings. The summed E-state index contributed by atoms with van der Waals surface area (Å²) in [5.41, 5.74) is 3.48. The third-order valence-electron chi connectivity index (χ3n) is 5.80. The summed E-state index contributed by atoms with van der Waals surface area (Å²) in [4.78, 5) is 39.1. The van der Waals surface area contributed by atoms with Crippen molar-refractivity contribution in [2.24, 2.45) is 0 Å². The van der Waals surface area contributed by atoms with E-state index < -0.39 is 17.8 Å². The number of anilines is 1. The molecule has 0 atom stereocenters. The standard InChI is InChI=1S/C29H22ClN3O4/c1-3-6-20-13-19(10-12-26(20)37-17-22-8-5-4-7-21(22)16-31)14-24-27(34)32-29(36)33(28(24)35)23-11-9-18(2)25(30)15-23/h3-5,7-15H,1,6,17H2,2H3,(H,32,34,36)/b24-14-. The number of halogens is 1. The Morgan fingerprint density at radius 3 is 2.59 bits per heavy atom. The van der Waals surface area contributed by atoms with Gasteiger partial charge in [-0.3, -0.25) is 14.9 Å². The molecule has 37 heavy (non-hydrogen) atoms. The summed E-state index contributed by atoms with van der Waals surface area (Å²) in [6.07, 6.45) is 3.61. The Balaban J connectivity index is 1.63. The van der Waals surface area contributed by atoms with E-state index in [0.717, 1.165) is 21.6 Å². The number of ether oxygens (including phenoxy) is 1. The predicted octanol–water partition coefficient (Wildman–Crippen LogP) is 5.49. The second kappa shape index (κ2) is 10.9. The third kappa shape index (κ3) is 5.45. The largest absolute Gasteiger partial charge is 0.489 e. The number of hydrogen-bond donors (Lipinski definition) is 1. The Kier molecular flexibility index (Phi) is 7.52. The van der Waals surface area contributed by atoms with Gasteiger partial charge in [0.1, 0.15) is 17.9 Å². The molecule has 7 nitrogen and oxygen atoms in total. The molecule has 1 heterocycles. The van der Waals surface area contributed by atoms with Crippen LogP contribution in [0.25, 0.3) is 6.08 Å². The zero-order valence-electron chi connectivity index (χ0n) is 20.0. The Hall–Kier alpha value is -4.67. The minimum atomic E-state index is -0.846. The number of nitrogens with one attached hydrogen (secondary N) is 1. The average molecular weight is 512 g/mol. The molecule has 0 radical (unpaired) electrons. The number of nitrogens with zero attached hydrogens (tertiary/aromatic N) is 2. The molecule has 0 saturated carbocycles. The quantitative estimate of drug-likeness (QED) is 0.257. The van der Waals surface area contributed by atoms with Gasteiger partial charge in [0.2, 0.25) is 0 Å². The van der Waals surface area contributed by atoms with Gasteiger partial charge in [-0.25, -0.2) is 9.69 Å². The van der Waals surface area contributed by atoms with E-state index in [4.69, 9.17) is 16.3 Å². The minimum Gasteiger partial charge on any atom is -0.489 e. The van der Waals surface area contributed by atoms with Crippen molar-refractivity contribution in [3.63, 3.8) is 0 Å². The van der Waals surface area contributed by atoms with E-state index in [9.17, 15) is 19.6 Å². The van der Waals surface area contributed by atoms with Gasteiger partial charge in [0, 0.05) is 10.6 Å². The number of carbonyl (C=O) groups excluding carboxylic acids is 3. The summed E-state index contributed by atoms with van der Waals surface area (Å²) in [5, 5.41) is 11.9. The van der Waals surface area contributed by atoms with Crippen LogP contribution in [-0.2, 0) is 22.6 Å². The van der Waals surface area contributed by atoms with Gasteiger partial charge >= 0.3 is 6.03 Å². The molecular formula is C29H22ClN3O4. The van der Waals surface area contributed by atoms with Crippen molar-refractivity contribution in [3.8, 4) is 11.8 Å². The number of carbonyl (C=O) groups is 3. The van der Waals surface area contributed by atoms with Gasteiger partial charge in [-0.15, -0.1) is 6.58 Å². The fourth-order valence-electron chi connectivity index (χ4n) is 3.84. The highest BCUT2D eigenvalue weighted by atomic mass is 35.5. The SMILES string of the molecule is C=CCc1cc(/C=C2/C(=O)NC(=O)N(c3ccc(C)c(Cl)c3)C2=O)ccc1OCc1ccccc1C#N. The molecular weight excluding hydrogens is 490 g/mol. The van der Waals surface area contributed by atoms with E-state index in [1.165, 1.54) is 12.1 Å². The van der Waals surface area contributed by atoms with E-state index >= 15 is 0 Å². The van der Waals surface area contributed by atoms with E-state index in [0.29, 0.717) is 28.3 Å². The van der Waals surface area contributed by atoms with Crippen molar-refractivity contribution in [2.45, 2.75) is 20.0 Å². The maximum atomic E-state index is 13.2. The molecule has 0 aromatic heterocycles. The van der Waals surface area contributed by atoms with Crippen LogP contribution in [-0.4, -0.2) is 17.8 Å². The Morgan fingerprint density at radius 2 is 1.86 bits per heavy atom. The number of amides is 4. The van der Waals surface area contributed by atoms with Crippen LogP contribution in [0.15, 0.2) is 78.9 Å². The number of hydrogen-bond acceptors (Lipinski definition) is 5. The van der Waals surface area contributed by atoms with Crippen LogP contribution in [0, 0.1) is 18.3 Å². The number of imide groups is 2. The Morgan fingerprint density at radius 1 is 1.08 bits per heavy atom. The molecule has 3 aromatic rings. The van der Waals surface area contributed by atoms with Gasteiger partial charge in [-0.2, -0.15) is 5.26 Å². The molecule has 1 N–H and O–H groups in total. The lowest BCUT2D eigenvalue weighted by Crippen LogP contribution is -2.54. The summed E-state index contributed by atoms with van der Waals surface area (Å²) in [7, 11) is 0. The van der Waals surface area contributed by atoms with Crippen molar-refractivity contribution in [2.75, 3.05) is 4.90 Å². The first-order valence-electron chi connectivity index (χ1n) is 11.3. The van der Waals surface area contributed by atoms with Gasteiger partial charge < -0.3 is 4.74 Å². The third-order valence-corrected chi connectivity index (χ3v) is 6.20. The lowest BCUT2D eigenvalue weighted by Gasteiger charge is -2.26. The van der Waals surface area contributed by atoms with E-state index in [2.05, 4.69) is 18.0 Å². The van der Waals surface area contributed by atoms with Crippen LogP contribution < -0.4 is 15.0 Å². The smallest absolute Gasteiger partial charge is 0.335 e. The maximum Gasteiger partial charge on any atom is 0.335 e. The zero-order chi connectivity index (χ0) is 26.5. The lowest BCUT2D eigenvalue weighted by atomic mass is 10.0. The van der Waals surface area contributed by atoms with Crippen molar-refractivity contribution in [1.82, 2.24) is 5.32 Å². The second-order valence-corrected chi connectivity index (χ2v) is 8.72. The fourth-order valence-corrected chi connectivity index (χ4v) is 4.01. The number of barbiturate groups is 1. The van der Waals surface area contributed by atoms with Gasteiger partial charge in [-0.1, -0.05) is 48.0 Å². The number of rotatable bonds is 7. The van der Waals surface area contributed by atoms with E-state index in [-0.39, 0.29) is 17.9 Å². The predicted molar refractivity (Wildman–Crippen MR) is 141 cm³/mol. The molecule has 0 unspecified atom stereocenters. The molecule has 3 aromatic carbocycles. The molecule has 184 valence electrons. The van der Waals surface area contributed by atoms with Gasteiger partial charge in [0.05, 0.1) is 17.3 Å². The van der Waals surface area contributed by atoms with Crippen LogP contribution in [0.3, 0.4) is 0 Å². The summed E-state index contributed by atoms with van der Waals surface area (Å²) in [6.45, 7) is 5.79. The lowest BCUT2D eigenvalue weighted by molar-refractivity contribution is -0.122. The van der Waals surface area contributed by atoms with Gasteiger partial charge in [-0.05, 0) is 66.4 Å². The Labute approximate surface area is 219 Å². The summed E-state index contributed by atoms with van der Waals surface area (Å²) in [5.74, 6) is -0.962. The number of nitriles is 1. The van der Waals surface area contributed by atoms with Crippen LogP contribution in [0.5, 0.6) is 5.75 Å². The van der Waals surface area contributed by atoms with Gasteiger partial charge in [0.25, 0.3) is 11.8 Å². The van der Waals surface area contributed by atoms with E-state index in [1.807, 2.05) is 12.1 Å². The molecule has 1 saturated heterocycles. The monoisotopic (exact) mass is 511 g/mol. The second-order valence-electron chi connectivity index (χ2n) is 8.31. The molecule has 0 aliphatic carbocycles. The molecule has 1 aliphatic rings. The minimum absolute atomic E-state index is 0.197.